The molecule has 0 unspecified atom stereocenters. The van der Waals surface area contributed by atoms with Crippen molar-refractivity contribution in [1.29, 1.82) is 0 Å². The number of rotatable bonds is 7. The van der Waals surface area contributed by atoms with E-state index in [1.807, 2.05) is 0 Å². The molecule has 0 atom stereocenters. The molecule has 0 spiro atoms. The third kappa shape index (κ3) is 4.33. The second kappa shape index (κ2) is 7.66. The van der Waals surface area contributed by atoms with Crippen molar-refractivity contribution in [3.8, 4) is 5.75 Å². The van der Waals surface area contributed by atoms with Crippen molar-refractivity contribution in [1.82, 2.24) is 9.88 Å². The summed E-state index contributed by atoms with van der Waals surface area (Å²) in [7, 11) is 0. The van der Waals surface area contributed by atoms with Gasteiger partial charge >= 0.3 is 0 Å². The predicted molar refractivity (Wildman–Crippen MR) is 68.4 cm³/mol. The molecule has 1 amide bonds. The molecular weight excluding hydrogens is 232 g/mol. The zero-order valence-electron chi connectivity index (χ0n) is 10.7. The van der Waals surface area contributed by atoms with Crippen LogP contribution in [-0.4, -0.2) is 45.7 Å². The minimum atomic E-state index is -0.205. The number of hydrogen-bond donors (Lipinski definition) is 2. The smallest absolute Gasteiger partial charge is 0.255 e. The number of unbranched alkanes of at least 4 members (excludes halogenated alkanes) is 2. The minimum Gasteiger partial charge on any atom is -0.506 e. The van der Waals surface area contributed by atoms with E-state index in [9.17, 15) is 9.90 Å². The van der Waals surface area contributed by atoms with Gasteiger partial charge in [-0.15, -0.1) is 0 Å². The maximum Gasteiger partial charge on any atom is 0.255 e. The molecule has 0 radical (unpaired) electrons. The largest absolute Gasteiger partial charge is 0.506 e. The summed E-state index contributed by atoms with van der Waals surface area (Å²) in [4.78, 5) is 17.5. The Bertz CT molecular complexity index is 382. The van der Waals surface area contributed by atoms with Gasteiger partial charge in [0.05, 0.1) is 18.4 Å². The first kappa shape index (κ1) is 14.4. The van der Waals surface area contributed by atoms with Crippen molar-refractivity contribution in [3.63, 3.8) is 0 Å². The fourth-order valence-electron chi connectivity index (χ4n) is 1.72. The first-order chi connectivity index (χ1) is 8.69. The molecule has 0 bridgehead atoms. The van der Waals surface area contributed by atoms with E-state index in [0.717, 1.165) is 19.3 Å². The van der Waals surface area contributed by atoms with Gasteiger partial charge in [-0.2, -0.15) is 0 Å². The average Bonchev–Trinajstić information content (AvgIpc) is 2.37. The SMILES string of the molecule is CCCCCN(CCO)C(=O)c1cncc(O)c1. The van der Waals surface area contributed by atoms with Crippen LogP contribution in [-0.2, 0) is 0 Å². The van der Waals surface area contributed by atoms with Gasteiger partial charge in [0.1, 0.15) is 5.75 Å². The molecule has 0 aromatic carbocycles. The molecule has 2 N–H and O–H groups in total. The lowest BCUT2D eigenvalue weighted by atomic mass is 10.2. The van der Waals surface area contributed by atoms with Crippen molar-refractivity contribution in [2.45, 2.75) is 26.2 Å². The molecule has 0 fully saturated rings. The third-order valence-electron chi connectivity index (χ3n) is 2.66. The first-order valence-corrected chi connectivity index (χ1v) is 6.23. The van der Waals surface area contributed by atoms with Crippen LogP contribution >= 0.6 is 0 Å². The first-order valence-electron chi connectivity index (χ1n) is 6.23. The molecule has 0 saturated heterocycles. The fourth-order valence-corrected chi connectivity index (χ4v) is 1.72. The predicted octanol–water partition coefficient (Wildman–Crippen LogP) is 1.41. The molecule has 18 heavy (non-hydrogen) atoms. The van der Waals surface area contributed by atoms with E-state index in [4.69, 9.17) is 5.11 Å². The highest BCUT2D eigenvalue weighted by atomic mass is 16.3. The Labute approximate surface area is 107 Å². The Morgan fingerprint density at radius 3 is 2.72 bits per heavy atom. The Hall–Kier alpha value is -1.62. The number of pyridine rings is 1. The second-order valence-electron chi connectivity index (χ2n) is 4.15. The lowest BCUT2D eigenvalue weighted by Gasteiger charge is -2.21. The van der Waals surface area contributed by atoms with Gasteiger partial charge < -0.3 is 15.1 Å². The van der Waals surface area contributed by atoms with Crippen LogP contribution in [0, 0.1) is 0 Å². The van der Waals surface area contributed by atoms with Crippen LogP contribution in [0.15, 0.2) is 18.5 Å². The van der Waals surface area contributed by atoms with Crippen LogP contribution in [0.5, 0.6) is 5.75 Å². The number of aromatic hydroxyl groups is 1. The average molecular weight is 252 g/mol. The summed E-state index contributed by atoms with van der Waals surface area (Å²) in [5, 5.41) is 18.3. The highest BCUT2D eigenvalue weighted by molar-refractivity contribution is 5.94. The molecule has 1 aromatic rings. The number of aromatic nitrogens is 1. The summed E-state index contributed by atoms with van der Waals surface area (Å²) in [5.41, 5.74) is 0.347. The van der Waals surface area contributed by atoms with E-state index in [1.54, 1.807) is 4.90 Å². The molecule has 0 saturated carbocycles. The lowest BCUT2D eigenvalue weighted by molar-refractivity contribution is 0.0717. The van der Waals surface area contributed by atoms with E-state index in [1.165, 1.54) is 18.5 Å². The number of aliphatic hydroxyl groups excluding tert-OH is 1. The molecule has 5 heteroatoms. The van der Waals surface area contributed by atoms with Gasteiger partial charge in [0.15, 0.2) is 0 Å². The van der Waals surface area contributed by atoms with E-state index in [2.05, 4.69) is 11.9 Å². The summed E-state index contributed by atoms with van der Waals surface area (Å²) >= 11 is 0. The van der Waals surface area contributed by atoms with Crippen LogP contribution in [0.3, 0.4) is 0 Å². The quantitative estimate of drug-likeness (QED) is 0.720. The molecule has 0 aliphatic carbocycles. The number of carbonyl (C=O) groups excluding carboxylic acids is 1. The second-order valence-corrected chi connectivity index (χ2v) is 4.15. The van der Waals surface area contributed by atoms with E-state index in [-0.39, 0.29) is 18.3 Å². The van der Waals surface area contributed by atoms with Crippen LogP contribution in [0.25, 0.3) is 0 Å². The summed E-state index contributed by atoms with van der Waals surface area (Å²) in [5.74, 6) is -0.234. The van der Waals surface area contributed by atoms with Gasteiger partial charge in [0, 0.05) is 19.3 Å². The summed E-state index contributed by atoms with van der Waals surface area (Å²) in [6, 6.07) is 1.39. The van der Waals surface area contributed by atoms with Crippen LogP contribution < -0.4 is 0 Å². The van der Waals surface area contributed by atoms with Gasteiger partial charge in [-0.05, 0) is 12.5 Å². The zero-order valence-corrected chi connectivity index (χ0v) is 10.7. The highest BCUT2D eigenvalue weighted by Crippen LogP contribution is 2.11. The number of hydrogen-bond acceptors (Lipinski definition) is 4. The van der Waals surface area contributed by atoms with Gasteiger partial charge in [-0.25, -0.2) is 0 Å². The number of nitrogens with zero attached hydrogens (tertiary/aromatic N) is 2. The van der Waals surface area contributed by atoms with Crippen LogP contribution in [0.4, 0.5) is 0 Å². The Morgan fingerprint density at radius 2 is 2.11 bits per heavy atom. The topological polar surface area (TPSA) is 73.7 Å². The molecule has 0 aliphatic heterocycles. The molecule has 100 valence electrons. The monoisotopic (exact) mass is 252 g/mol. The number of amides is 1. The maximum atomic E-state index is 12.1. The van der Waals surface area contributed by atoms with Gasteiger partial charge in [-0.1, -0.05) is 19.8 Å². The highest BCUT2D eigenvalue weighted by Gasteiger charge is 2.15. The van der Waals surface area contributed by atoms with Crippen LogP contribution in [0.2, 0.25) is 0 Å². The molecule has 1 heterocycles. The van der Waals surface area contributed by atoms with Crippen molar-refractivity contribution in [2.75, 3.05) is 19.7 Å². The molecule has 1 rings (SSSR count). The molecule has 1 aromatic heterocycles. The third-order valence-corrected chi connectivity index (χ3v) is 2.66. The molecule has 5 nitrogen and oxygen atoms in total. The number of aliphatic hydroxyl groups is 1. The van der Waals surface area contributed by atoms with Crippen molar-refractivity contribution in [3.05, 3.63) is 24.0 Å². The van der Waals surface area contributed by atoms with Gasteiger partial charge in [0.2, 0.25) is 0 Å². The Morgan fingerprint density at radius 1 is 1.33 bits per heavy atom. The normalized spacial score (nSPS) is 10.3. The Kier molecular flexibility index (Phi) is 6.14. The summed E-state index contributed by atoms with van der Waals surface area (Å²) in [6.07, 6.45) is 5.74. The number of carbonyl (C=O) groups is 1. The van der Waals surface area contributed by atoms with Crippen molar-refractivity contribution in [2.24, 2.45) is 0 Å². The van der Waals surface area contributed by atoms with Gasteiger partial charge in [0.25, 0.3) is 5.91 Å². The van der Waals surface area contributed by atoms with E-state index < -0.39 is 0 Å². The van der Waals surface area contributed by atoms with Crippen molar-refractivity contribution < 1.29 is 15.0 Å². The van der Waals surface area contributed by atoms with Gasteiger partial charge in [-0.3, -0.25) is 9.78 Å². The maximum absolute atomic E-state index is 12.1. The fraction of sp³-hybridized carbons (Fsp3) is 0.538. The molecule has 0 aliphatic rings. The summed E-state index contributed by atoms with van der Waals surface area (Å²) in [6.45, 7) is 2.95. The zero-order chi connectivity index (χ0) is 13.4. The Balaban J connectivity index is 2.69. The van der Waals surface area contributed by atoms with E-state index >= 15 is 0 Å². The van der Waals surface area contributed by atoms with E-state index in [0.29, 0.717) is 18.7 Å². The standard InChI is InChI=1S/C13H20N2O3/c1-2-3-4-5-15(6-7-16)13(18)11-8-12(17)10-14-9-11/h8-10,16-17H,2-7H2,1H3. The van der Waals surface area contributed by atoms with Crippen molar-refractivity contribution >= 4 is 5.91 Å². The summed E-state index contributed by atoms with van der Waals surface area (Å²) < 4.78 is 0. The molecular formula is C13H20N2O3. The lowest BCUT2D eigenvalue weighted by Crippen LogP contribution is -2.34. The van der Waals surface area contributed by atoms with Crippen LogP contribution in [0.1, 0.15) is 36.5 Å². The minimum absolute atomic E-state index is 0.0293.